The Morgan fingerprint density at radius 3 is 2.34 bits per heavy atom. The fraction of sp³-hybridized carbons (Fsp3) is 0.316. The molecule has 1 N–H and O–H groups in total. The van der Waals surface area contributed by atoms with Gasteiger partial charge in [0.1, 0.15) is 11.0 Å². The van der Waals surface area contributed by atoms with Crippen molar-refractivity contribution in [2.75, 3.05) is 26.5 Å². The fourth-order valence-electron chi connectivity index (χ4n) is 2.51. The van der Waals surface area contributed by atoms with Crippen LogP contribution in [-0.4, -0.2) is 53.5 Å². The third kappa shape index (κ3) is 5.34. The minimum absolute atomic E-state index is 0.0127. The topological polar surface area (TPSA) is 110 Å². The van der Waals surface area contributed by atoms with Gasteiger partial charge in [0.25, 0.3) is 0 Å². The summed E-state index contributed by atoms with van der Waals surface area (Å²) in [6, 6.07) is 12.3. The highest BCUT2D eigenvalue weighted by Gasteiger charge is 2.29. The summed E-state index contributed by atoms with van der Waals surface area (Å²) in [7, 11) is -3.36. The van der Waals surface area contributed by atoms with Gasteiger partial charge in [0.05, 0.1) is 23.4 Å². The first-order valence-corrected chi connectivity index (χ1v) is 11.8. The molecule has 1 atom stereocenters. The zero-order valence-electron chi connectivity index (χ0n) is 16.6. The first kappa shape index (κ1) is 22.9. The van der Waals surface area contributed by atoms with Crippen LogP contribution in [0.3, 0.4) is 0 Å². The largest absolute Gasteiger partial charge is 0.495 e. The third-order valence-corrected chi connectivity index (χ3v) is 8.16. The Kier molecular flexibility index (Phi) is 7.04. The molecular formula is C19H24N2O6S2. The summed E-state index contributed by atoms with van der Waals surface area (Å²) >= 11 is 0. The number of benzene rings is 2. The van der Waals surface area contributed by atoms with Crippen LogP contribution in [-0.2, 0) is 30.4 Å². The Labute approximate surface area is 171 Å². The maximum absolute atomic E-state index is 12.7. The van der Waals surface area contributed by atoms with E-state index in [1.54, 1.807) is 24.3 Å². The lowest BCUT2D eigenvalue weighted by molar-refractivity contribution is -0.115. The molecule has 2 rings (SSSR count). The number of methoxy groups -OCH3 is 1. The number of anilines is 1. The van der Waals surface area contributed by atoms with Crippen LogP contribution in [0.2, 0.25) is 0 Å². The van der Waals surface area contributed by atoms with Crippen molar-refractivity contribution in [3.8, 4) is 5.75 Å². The van der Waals surface area contributed by atoms with Gasteiger partial charge in [-0.2, -0.15) is 0 Å². The van der Waals surface area contributed by atoms with E-state index < -0.39 is 36.8 Å². The average molecular weight is 441 g/mol. The lowest BCUT2D eigenvalue weighted by Gasteiger charge is -2.16. The number of nitrogens with zero attached hydrogens (tertiary/aromatic N) is 1. The van der Waals surface area contributed by atoms with Crippen LogP contribution in [0.25, 0.3) is 0 Å². The first-order valence-electron chi connectivity index (χ1n) is 8.66. The molecule has 0 bridgehead atoms. The normalized spacial score (nSPS) is 13.1. The molecule has 0 aliphatic rings. The Morgan fingerprint density at radius 1 is 1.07 bits per heavy atom. The maximum atomic E-state index is 12.7. The molecule has 0 spiro atoms. The molecule has 0 saturated heterocycles. The second kappa shape index (κ2) is 8.93. The van der Waals surface area contributed by atoms with Crippen LogP contribution >= 0.6 is 0 Å². The van der Waals surface area contributed by atoms with E-state index in [0.717, 1.165) is 4.31 Å². The van der Waals surface area contributed by atoms with Gasteiger partial charge >= 0.3 is 0 Å². The van der Waals surface area contributed by atoms with Crippen molar-refractivity contribution in [1.82, 2.24) is 4.31 Å². The Balaban J connectivity index is 2.22. The van der Waals surface area contributed by atoms with Gasteiger partial charge in [0.15, 0.2) is 9.84 Å². The number of amides is 1. The number of nitrogens with one attached hydrogen (secondary N) is 1. The fourth-order valence-corrected chi connectivity index (χ4v) is 4.76. The van der Waals surface area contributed by atoms with Crippen LogP contribution in [0, 0.1) is 0 Å². The smallest absolute Gasteiger partial charge is 0.242 e. The molecule has 2 aromatic carbocycles. The molecule has 2 aromatic rings. The highest BCUT2D eigenvalue weighted by atomic mass is 32.2. The van der Waals surface area contributed by atoms with E-state index in [-0.39, 0.29) is 10.5 Å². The summed E-state index contributed by atoms with van der Waals surface area (Å²) in [6.07, 6.45) is 0. The van der Waals surface area contributed by atoms with Gasteiger partial charge in [0, 0.05) is 14.1 Å². The molecule has 0 radical (unpaired) electrons. The lowest BCUT2D eigenvalue weighted by atomic mass is 10.2. The molecular weight excluding hydrogens is 416 g/mol. The van der Waals surface area contributed by atoms with Crippen LogP contribution in [0.4, 0.5) is 5.69 Å². The monoisotopic (exact) mass is 440 g/mol. The molecule has 8 nitrogen and oxygen atoms in total. The predicted molar refractivity (Wildman–Crippen MR) is 111 cm³/mol. The second-order valence-corrected chi connectivity index (χ2v) is 11.0. The highest BCUT2D eigenvalue weighted by molar-refractivity contribution is 7.92. The minimum Gasteiger partial charge on any atom is -0.495 e. The number of hydrogen-bond donors (Lipinski definition) is 1. The van der Waals surface area contributed by atoms with E-state index in [0.29, 0.717) is 11.4 Å². The summed E-state index contributed by atoms with van der Waals surface area (Å²) in [5.74, 6) is -0.761. The van der Waals surface area contributed by atoms with Crippen molar-refractivity contribution in [3.05, 3.63) is 54.1 Å². The summed E-state index contributed by atoms with van der Waals surface area (Å²) in [5, 5.41) is 1.21. The molecule has 1 amide bonds. The van der Waals surface area contributed by atoms with Gasteiger partial charge in [-0.05, 0) is 36.8 Å². The summed E-state index contributed by atoms with van der Waals surface area (Å²) in [6.45, 7) is 1.29. The Bertz CT molecular complexity index is 1100. The van der Waals surface area contributed by atoms with E-state index in [2.05, 4.69) is 5.32 Å². The van der Waals surface area contributed by atoms with Crippen LogP contribution in [0.5, 0.6) is 5.75 Å². The molecule has 0 aromatic heterocycles. The number of carbonyl (C=O) groups excluding carboxylic acids is 1. The predicted octanol–water partition coefficient (Wildman–Crippen LogP) is 1.89. The maximum Gasteiger partial charge on any atom is 0.242 e. The quantitative estimate of drug-likeness (QED) is 0.671. The van der Waals surface area contributed by atoms with Gasteiger partial charge < -0.3 is 10.1 Å². The zero-order valence-corrected chi connectivity index (χ0v) is 18.2. The molecule has 0 aliphatic carbocycles. The van der Waals surface area contributed by atoms with Crippen molar-refractivity contribution < 1.29 is 26.4 Å². The van der Waals surface area contributed by atoms with E-state index in [1.807, 2.05) is 0 Å². The molecule has 0 saturated carbocycles. The Hall–Kier alpha value is -2.43. The summed E-state index contributed by atoms with van der Waals surface area (Å²) in [4.78, 5) is 12.5. The zero-order chi connectivity index (χ0) is 21.8. The number of ether oxygens (including phenoxy) is 1. The minimum atomic E-state index is -3.90. The molecule has 0 aliphatic heterocycles. The SMILES string of the molecule is COc1ccccc1NC(=O)[C@H](C)S(=O)(=O)Cc1cccc(S(=O)(=O)N(C)C)c1. The first-order chi connectivity index (χ1) is 13.5. The van der Waals surface area contributed by atoms with Crippen molar-refractivity contribution in [3.63, 3.8) is 0 Å². The van der Waals surface area contributed by atoms with Crippen LogP contribution in [0.15, 0.2) is 53.4 Å². The number of sulfone groups is 1. The van der Waals surface area contributed by atoms with E-state index in [4.69, 9.17) is 4.74 Å². The molecule has 0 unspecified atom stereocenters. The standard InChI is InChI=1S/C19H24N2O6S2/c1-14(19(22)20-17-10-5-6-11-18(17)27-4)28(23,24)13-15-8-7-9-16(12-15)29(25,26)21(2)3/h5-12,14H,13H2,1-4H3,(H,20,22)/t14-/m0/s1. The number of carbonyl (C=O) groups is 1. The second-order valence-electron chi connectivity index (χ2n) is 6.57. The van der Waals surface area contributed by atoms with Gasteiger partial charge in [-0.25, -0.2) is 21.1 Å². The third-order valence-electron chi connectivity index (χ3n) is 4.32. The van der Waals surface area contributed by atoms with Crippen LogP contribution < -0.4 is 10.1 Å². The summed E-state index contributed by atoms with van der Waals surface area (Å²) < 4.78 is 56.2. The number of para-hydroxylation sites is 2. The van der Waals surface area contributed by atoms with Crippen LogP contribution in [0.1, 0.15) is 12.5 Å². The van der Waals surface area contributed by atoms with E-state index in [9.17, 15) is 21.6 Å². The average Bonchev–Trinajstić information content (AvgIpc) is 2.67. The van der Waals surface area contributed by atoms with Crippen molar-refractivity contribution in [2.24, 2.45) is 0 Å². The van der Waals surface area contributed by atoms with Gasteiger partial charge in [0.2, 0.25) is 15.9 Å². The highest BCUT2D eigenvalue weighted by Crippen LogP contribution is 2.24. The molecule has 10 heteroatoms. The van der Waals surface area contributed by atoms with Gasteiger partial charge in [-0.3, -0.25) is 4.79 Å². The van der Waals surface area contributed by atoms with Gasteiger partial charge in [-0.1, -0.05) is 24.3 Å². The van der Waals surface area contributed by atoms with E-state index in [1.165, 1.54) is 52.4 Å². The number of hydrogen-bond acceptors (Lipinski definition) is 6. The van der Waals surface area contributed by atoms with Crippen molar-refractivity contribution >= 4 is 31.5 Å². The molecule has 158 valence electrons. The van der Waals surface area contributed by atoms with Crippen molar-refractivity contribution in [1.29, 1.82) is 0 Å². The molecule has 0 heterocycles. The van der Waals surface area contributed by atoms with Gasteiger partial charge in [-0.15, -0.1) is 0 Å². The molecule has 0 fully saturated rings. The summed E-state index contributed by atoms with van der Waals surface area (Å²) in [5.41, 5.74) is 0.644. The van der Waals surface area contributed by atoms with Crippen molar-refractivity contribution in [2.45, 2.75) is 22.8 Å². The van der Waals surface area contributed by atoms with E-state index >= 15 is 0 Å². The number of rotatable bonds is 8. The Morgan fingerprint density at radius 2 is 1.72 bits per heavy atom. The lowest BCUT2D eigenvalue weighted by Crippen LogP contribution is -2.33. The number of sulfonamides is 1. The molecule has 29 heavy (non-hydrogen) atoms.